The van der Waals surface area contributed by atoms with E-state index >= 15 is 0 Å². The Labute approximate surface area is 191 Å². The molecule has 0 amide bonds. The number of imidazole rings is 1. The van der Waals surface area contributed by atoms with Crippen molar-refractivity contribution in [3.05, 3.63) is 88.4 Å². The standard InChI is InChI=1S/C24H18BrF2N3O2/c1-31-16-9-6-14(7-10-16)19-13-21(17-12-15(25)8-11-22(17)32-23(26)27)30-20-5-3-2-4-18(20)28-24(30)29-19/h2-13,21,23H,1H3,(H,28,29)/t21-/m1/s1. The van der Waals surface area contributed by atoms with Crippen molar-refractivity contribution in [1.29, 1.82) is 0 Å². The molecular formula is C24H18BrF2N3O2. The first-order valence-electron chi connectivity index (χ1n) is 9.88. The van der Waals surface area contributed by atoms with E-state index in [1.165, 1.54) is 0 Å². The molecule has 8 heteroatoms. The molecule has 0 unspecified atom stereocenters. The Kier molecular flexibility index (Phi) is 5.30. The number of ether oxygens (including phenoxy) is 2. The van der Waals surface area contributed by atoms with Crippen molar-refractivity contribution < 1.29 is 18.3 Å². The summed E-state index contributed by atoms with van der Waals surface area (Å²) in [5.41, 5.74) is 4.00. The monoisotopic (exact) mass is 497 g/mol. The van der Waals surface area contributed by atoms with E-state index in [0.29, 0.717) is 11.5 Å². The maximum absolute atomic E-state index is 13.2. The van der Waals surface area contributed by atoms with Gasteiger partial charge >= 0.3 is 6.61 Å². The van der Waals surface area contributed by atoms with Gasteiger partial charge in [-0.1, -0.05) is 28.1 Å². The molecule has 1 aliphatic heterocycles. The summed E-state index contributed by atoms with van der Waals surface area (Å²) in [6, 6.07) is 19.9. The van der Waals surface area contributed by atoms with Gasteiger partial charge in [-0.2, -0.15) is 8.78 Å². The Morgan fingerprint density at radius 1 is 1.06 bits per heavy atom. The van der Waals surface area contributed by atoms with Gasteiger partial charge in [-0.05, 0) is 66.2 Å². The second-order valence-electron chi connectivity index (χ2n) is 7.23. The number of nitrogens with zero attached hydrogens (tertiary/aromatic N) is 2. The van der Waals surface area contributed by atoms with Crippen LogP contribution in [0.2, 0.25) is 0 Å². The number of hydrogen-bond donors (Lipinski definition) is 1. The molecule has 0 saturated heterocycles. The maximum Gasteiger partial charge on any atom is 0.387 e. The van der Waals surface area contributed by atoms with E-state index in [0.717, 1.165) is 32.5 Å². The van der Waals surface area contributed by atoms with Gasteiger partial charge in [-0.25, -0.2) is 4.98 Å². The number of methoxy groups -OCH3 is 1. The predicted octanol–water partition coefficient (Wildman–Crippen LogP) is 6.46. The number of rotatable bonds is 5. The fourth-order valence-electron chi connectivity index (χ4n) is 3.93. The summed E-state index contributed by atoms with van der Waals surface area (Å²) >= 11 is 3.47. The molecule has 32 heavy (non-hydrogen) atoms. The van der Waals surface area contributed by atoms with Gasteiger partial charge in [-0.3, -0.25) is 4.57 Å². The molecule has 1 aromatic heterocycles. The molecule has 4 aromatic rings. The number of nitrogens with one attached hydrogen (secondary N) is 1. The van der Waals surface area contributed by atoms with Gasteiger partial charge in [0.1, 0.15) is 11.5 Å². The van der Waals surface area contributed by atoms with E-state index in [1.54, 1.807) is 25.3 Å². The molecule has 1 aliphatic rings. The molecule has 1 N–H and O–H groups in total. The number of para-hydroxylation sites is 2. The Morgan fingerprint density at radius 3 is 2.59 bits per heavy atom. The third-order valence-electron chi connectivity index (χ3n) is 5.35. The summed E-state index contributed by atoms with van der Waals surface area (Å²) < 4.78 is 39.2. The summed E-state index contributed by atoms with van der Waals surface area (Å²) in [5, 5.41) is 3.39. The van der Waals surface area contributed by atoms with Crippen molar-refractivity contribution >= 4 is 38.6 Å². The van der Waals surface area contributed by atoms with E-state index < -0.39 is 12.7 Å². The minimum absolute atomic E-state index is 0.115. The number of fused-ring (bicyclic) bond motifs is 3. The Morgan fingerprint density at radius 2 is 1.84 bits per heavy atom. The fourth-order valence-corrected chi connectivity index (χ4v) is 4.31. The lowest BCUT2D eigenvalue weighted by molar-refractivity contribution is -0.0505. The molecular weight excluding hydrogens is 480 g/mol. The second-order valence-corrected chi connectivity index (χ2v) is 8.15. The van der Waals surface area contributed by atoms with E-state index in [1.807, 2.05) is 59.2 Å². The number of anilines is 1. The highest BCUT2D eigenvalue weighted by Gasteiger charge is 2.28. The van der Waals surface area contributed by atoms with E-state index in [2.05, 4.69) is 21.2 Å². The van der Waals surface area contributed by atoms with Crippen LogP contribution in [0.3, 0.4) is 0 Å². The van der Waals surface area contributed by atoms with Crippen LogP contribution in [-0.2, 0) is 0 Å². The SMILES string of the molecule is COc1ccc(C2=C[C@H](c3cc(Br)ccc3OC(F)F)n3c(nc4ccccc43)N2)cc1. The molecule has 162 valence electrons. The lowest BCUT2D eigenvalue weighted by atomic mass is 10.00. The maximum atomic E-state index is 13.2. The van der Waals surface area contributed by atoms with Crippen molar-refractivity contribution in [2.24, 2.45) is 0 Å². The topological polar surface area (TPSA) is 48.3 Å². The van der Waals surface area contributed by atoms with Gasteiger partial charge in [0.05, 0.1) is 24.2 Å². The summed E-state index contributed by atoms with van der Waals surface area (Å²) in [6.45, 7) is -2.93. The minimum Gasteiger partial charge on any atom is -0.497 e. The van der Waals surface area contributed by atoms with Crippen molar-refractivity contribution in [3.63, 3.8) is 0 Å². The average Bonchev–Trinajstić information content (AvgIpc) is 3.18. The van der Waals surface area contributed by atoms with E-state index in [-0.39, 0.29) is 5.75 Å². The molecule has 0 radical (unpaired) electrons. The zero-order valence-electron chi connectivity index (χ0n) is 16.9. The fraction of sp³-hybridized carbons (Fsp3) is 0.125. The molecule has 3 aromatic carbocycles. The van der Waals surface area contributed by atoms with E-state index in [9.17, 15) is 8.78 Å². The number of aromatic nitrogens is 2. The quantitative estimate of drug-likeness (QED) is 0.343. The molecule has 0 fully saturated rings. The first-order valence-corrected chi connectivity index (χ1v) is 10.7. The third-order valence-corrected chi connectivity index (χ3v) is 5.85. The van der Waals surface area contributed by atoms with Crippen LogP contribution in [0.4, 0.5) is 14.7 Å². The summed E-state index contributed by atoms with van der Waals surface area (Å²) in [5.74, 6) is 1.48. The zero-order valence-corrected chi connectivity index (χ0v) is 18.5. The van der Waals surface area contributed by atoms with Gasteiger partial charge in [-0.15, -0.1) is 0 Å². The second kappa shape index (κ2) is 8.27. The van der Waals surface area contributed by atoms with Crippen LogP contribution in [0.25, 0.3) is 16.7 Å². The predicted molar refractivity (Wildman–Crippen MR) is 123 cm³/mol. The smallest absolute Gasteiger partial charge is 0.387 e. The van der Waals surface area contributed by atoms with Crippen molar-refractivity contribution in [2.75, 3.05) is 12.4 Å². The number of alkyl halides is 2. The van der Waals surface area contributed by atoms with Crippen LogP contribution in [-0.4, -0.2) is 23.3 Å². The summed E-state index contributed by atoms with van der Waals surface area (Å²) in [4.78, 5) is 4.74. The lowest BCUT2D eigenvalue weighted by Gasteiger charge is -2.28. The number of hydrogen-bond acceptors (Lipinski definition) is 4. The van der Waals surface area contributed by atoms with Crippen molar-refractivity contribution in [2.45, 2.75) is 12.7 Å². The van der Waals surface area contributed by atoms with Gasteiger partial charge in [0, 0.05) is 15.7 Å². The Balaban J connectivity index is 1.71. The molecule has 0 aliphatic carbocycles. The lowest BCUT2D eigenvalue weighted by Crippen LogP contribution is -2.20. The highest BCUT2D eigenvalue weighted by Crippen LogP contribution is 2.41. The number of allylic oxidation sites excluding steroid dienone is 1. The molecule has 0 bridgehead atoms. The van der Waals surface area contributed by atoms with Crippen LogP contribution in [0, 0.1) is 0 Å². The van der Waals surface area contributed by atoms with Crippen LogP contribution >= 0.6 is 15.9 Å². The highest BCUT2D eigenvalue weighted by molar-refractivity contribution is 9.10. The van der Waals surface area contributed by atoms with Crippen LogP contribution < -0.4 is 14.8 Å². The number of halogens is 3. The summed E-state index contributed by atoms with van der Waals surface area (Å²) in [7, 11) is 1.61. The van der Waals surface area contributed by atoms with Crippen molar-refractivity contribution in [1.82, 2.24) is 9.55 Å². The van der Waals surface area contributed by atoms with Gasteiger partial charge < -0.3 is 14.8 Å². The normalized spacial score (nSPS) is 15.3. The molecule has 0 spiro atoms. The third kappa shape index (κ3) is 3.71. The van der Waals surface area contributed by atoms with Gasteiger partial charge in [0.25, 0.3) is 0 Å². The zero-order chi connectivity index (χ0) is 22.2. The highest BCUT2D eigenvalue weighted by atomic mass is 79.9. The Bertz CT molecular complexity index is 1320. The van der Waals surface area contributed by atoms with Crippen molar-refractivity contribution in [3.8, 4) is 11.5 Å². The average molecular weight is 498 g/mol. The van der Waals surface area contributed by atoms with Crippen LogP contribution in [0.1, 0.15) is 17.2 Å². The molecule has 2 heterocycles. The molecule has 5 nitrogen and oxygen atoms in total. The van der Waals surface area contributed by atoms with Crippen LogP contribution in [0.5, 0.6) is 11.5 Å². The summed E-state index contributed by atoms with van der Waals surface area (Å²) in [6.07, 6.45) is 1.99. The van der Waals surface area contributed by atoms with Gasteiger partial charge in [0.15, 0.2) is 0 Å². The molecule has 1 atom stereocenters. The molecule has 5 rings (SSSR count). The number of benzene rings is 3. The first kappa shape index (κ1) is 20.5. The Hall–Kier alpha value is -3.39. The van der Waals surface area contributed by atoms with E-state index in [4.69, 9.17) is 14.5 Å². The minimum atomic E-state index is -2.93. The van der Waals surface area contributed by atoms with Crippen LogP contribution in [0.15, 0.2) is 77.3 Å². The largest absolute Gasteiger partial charge is 0.497 e. The first-order chi connectivity index (χ1) is 15.5. The van der Waals surface area contributed by atoms with Gasteiger partial charge in [0.2, 0.25) is 5.95 Å². The molecule has 0 saturated carbocycles.